The molecule has 0 spiro atoms. The Morgan fingerprint density at radius 1 is 1.04 bits per heavy atom. The Morgan fingerprint density at radius 2 is 1.64 bits per heavy atom. The van der Waals surface area contributed by atoms with Crippen LogP contribution in [0.2, 0.25) is 0 Å². The Balaban J connectivity index is 2.28. The number of carboxylic acids is 1. The van der Waals surface area contributed by atoms with E-state index in [1.165, 1.54) is 0 Å². The fourth-order valence-electron chi connectivity index (χ4n) is 2.69. The summed E-state index contributed by atoms with van der Waals surface area (Å²) >= 11 is 0. The molecule has 0 aliphatic carbocycles. The van der Waals surface area contributed by atoms with Crippen molar-refractivity contribution in [2.45, 2.75) is 45.6 Å². The van der Waals surface area contributed by atoms with E-state index in [1.807, 2.05) is 55.5 Å². The minimum Gasteiger partial charge on any atom is -0.494 e. The van der Waals surface area contributed by atoms with Gasteiger partial charge in [-0.25, -0.2) is 4.79 Å². The van der Waals surface area contributed by atoms with Crippen LogP contribution in [0.3, 0.4) is 0 Å². The second kappa shape index (κ2) is 8.06. The van der Waals surface area contributed by atoms with Gasteiger partial charge in [-0.1, -0.05) is 57.2 Å². The van der Waals surface area contributed by atoms with Gasteiger partial charge in [-0.3, -0.25) is 0 Å². The maximum absolute atomic E-state index is 11.8. The van der Waals surface area contributed by atoms with E-state index in [1.54, 1.807) is 0 Å². The van der Waals surface area contributed by atoms with E-state index in [-0.39, 0.29) is 11.8 Å². The first-order valence-electron chi connectivity index (χ1n) is 8.52. The van der Waals surface area contributed by atoms with E-state index in [4.69, 9.17) is 9.47 Å². The average molecular weight is 342 g/mol. The molecule has 134 valence electrons. The molecule has 0 aliphatic rings. The largest absolute Gasteiger partial charge is 0.494 e. The molecule has 2 rings (SSSR count). The molecule has 2 aromatic carbocycles. The van der Waals surface area contributed by atoms with E-state index >= 15 is 0 Å². The Bertz CT molecular complexity index is 716. The smallest absolute Gasteiger partial charge is 0.345 e. The van der Waals surface area contributed by atoms with Crippen LogP contribution in [0.25, 0.3) is 0 Å². The van der Waals surface area contributed by atoms with Gasteiger partial charge >= 0.3 is 5.97 Å². The van der Waals surface area contributed by atoms with E-state index in [9.17, 15) is 9.90 Å². The normalized spacial score (nSPS) is 12.5. The third-order valence-electron chi connectivity index (χ3n) is 3.92. The Morgan fingerprint density at radius 3 is 2.24 bits per heavy atom. The number of aliphatic carboxylic acids is 1. The number of benzene rings is 2. The van der Waals surface area contributed by atoms with Crippen molar-refractivity contribution >= 4 is 5.97 Å². The molecule has 0 unspecified atom stereocenters. The molecule has 1 N–H and O–H groups in total. The molecule has 0 aromatic heterocycles. The van der Waals surface area contributed by atoms with Crippen molar-refractivity contribution in [1.82, 2.24) is 0 Å². The summed E-state index contributed by atoms with van der Waals surface area (Å²) in [5, 5.41) is 9.64. The number of carbonyl (C=O) groups is 1. The van der Waals surface area contributed by atoms with Gasteiger partial charge in [-0.2, -0.15) is 0 Å². The van der Waals surface area contributed by atoms with Crippen molar-refractivity contribution in [1.29, 1.82) is 0 Å². The van der Waals surface area contributed by atoms with Crippen LogP contribution in [0, 0.1) is 0 Å². The molecule has 0 aliphatic heterocycles. The number of para-hydroxylation sites is 2. The summed E-state index contributed by atoms with van der Waals surface area (Å²) in [6.45, 7) is 8.67. The van der Waals surface area contributed by atoms with Gasteiger partial charge in [0.05, 0.1) is 6.61 Å². The quantitative estimate of drug-likeness (QED) is 0.807. The SMILES string of the molecule is CCOc1ccccc1C[C@@H](Oc1ccccc1C(C)(C)C)C(=O)O. The van der Waals surface area contributed by atoms with Crippen LogP contribution in [0.1, 0.15) is 38.8 Å². The number of carboxylic acid groups (broad SMARTS) is 1. The first kappa shape index (κ1) is 18.8. The number of hydrogen-bond acceptors (Lipinski definition) is 3. The van der Waals surface area contributed by atoms with Crippen molar-refractivity contribution in [2.75, 3.05) is 6.61 Å². The lowest BCUT2D eigenvalue weighted by Gasteiger charge is -2.25. The second-order valence-electron chi connectivity index (χ2n) is 6.94. The van der Waals surface area contributed by atoms with Crippen molar-refractivity contribution in [3.05, 3.63) is 59.7 Å². The molecule has 25 heavy (non-hydrogen) atoms. The summed E-state index contributed by atoms with van der Waals surface area (Å²) in [5.74, 6) is 0.315. The van der Waals surface area contributed by atoms with Crippen molar-refractivity contribution in [3.63, 3.8) is 0 Å². The van der Waals surface area contributed by atoms with E-state index in [0.717, 1.165) is 11.1 Å². The maximum atomic E-state index is 11.8. The fraction of sp³-hybridized carbons (Fsp3) is 0.381. The van der Waals surface area contributed by atoms with Crippen molar-refractivity contribution in [3.8, 4) is 11.5 Å². The second-order valence-corrected chi connectivity index (χ2v) is 6.94. The molecule has 0 radical (unpaired) electrons. The van der Waals surface area contributed by atoms with Crippen LogP contribution in [-0.4, -0.2) is 23.8 Å². The molecule has 0 bridgehead atoms. The highest BCUT2D eigenvalue weighted by atomic mass is 16.5. The van der Waals surface area contributed by atoms with E-state index < -0.39 is 12.1 Å². The first-order chi connectivity index (χ1) is 11.8. The summed E-state index contributed by atoms with van der Waals surface area (Å²) in [5.41, 5.74) is 1.67. The molecule has 0 saturated carbocycles. The summed E-state index contributed by atoms with van der Waals surface area (Å²) < 4.78 is 11.5. The van der Waals surface area contributed by atoms with Crippen LogP contribution in [0.5, 0.6) is 11.5 Å². The average Bonchev–Trinajstić information content (AvgIpc) is 2.55. The Labute approximate surface area is 149 Å². The lowest BCUT2D eigenvalue weighted by molar-refractivity contribution is -0.145. The van der Waals surface area contributed by atoms with Crippen LogP contribution >= 0.6 is 0 Å². The lowest BCUT2D eigenvalue weighted by atomic mass is 9.86. The Hall–Kier alpha value is -2.49. The minimum atomic E-state index is -0.991. The van der Waals surface area contributed by atoms with Crippen LogP contribution < -0.4 is 9.47 Å². The number of hydrogen-bond donors (Lipinski definition) is 1. The summed E-state index contributed by atoms with van der Waals surface area (Å²) in [6.07, 6.45) is -0.741. The maximum Gasteiger partial charge on any atom is 0.345 e. The van der Waals surface area contributed by atoms with Crippen LogP contribution in [0.4, 0.5) is 0 Å². The van der Waals surface area contributed by atoms with Crippen LogP contribution in [-0.2, 0) is 16.6 Å². The first-order valence-corrected chi connectivity index (χ1v) is 8.52. The summed E-state index contributed by atoms with van der Waals surface area (Å²) in [4.78, 5) is 11.8. The number of ether oxygens (including phenoxy) is 2. The topological polar surface area (TPSA) is 55.8 Å². The zero-order valence-corrected chi connectivity index (χ0v) is 15.3. The molecule has 0 heterocycles. The van der Waals surface area contributed by atoms with Gasteiger partial charge in [-0.05, 0) is 35.6 Å². The third kappa shape index (κ3) is 4.99. The molecule has 1 atom stereocenters. The molecule has 4 heteroatoms. The predicted molar refractivity (Wildman–Crippen MR) is 98.5 cm³/mol. The van der Waals surface area contributed by atoms with Gasteiger partial charge in [0.2, 0.25) is 0 Å². The summed E-state index contributed by atoms with van der Waals surface area (Å²) in [7, 11) is 0. The molecule has 0 fully saturated rings. The van der Waals surface area contributed by atoms with Crippen molar-refractivity contribution in [2.24, 2.45) is 0 Å². The zero-order chi connectivity index (χ0) is 18.4. The van der Waals surface area contributed by atoms with E-state index in [2.05, 4.69) is 20.8 Å². The molecule has 4 nitrogen and oxygen atoms in total. The molecule has 0 amide bonds. The van der Waals surface area contributed by atoms with Gasteiger partial charge in [-0.15, -0.1) is 0 Å². The highest BCUT2D eigenvalue weighted by Gasteiger charge is 2.25. The van der Waals surface area contributed by atoms with Gasteiger partial charge < -0.3 is 14.6 Å². The third-order valence-corrected chi connectivity index (χ3v) is 3.92. The van der Waals surface area contributed by atoms with Gasteiger partial charge in [0.1, 0.15) is 11.5 Å². The molecule has 2 aromatic rings. The standard InChI is InChI=1S/C21H26O4/c1-5-24-17-12-8-6-10-15(17)14-19(20(22)23)25-18-13-9-7-11-16(18)21(2,3)4/h6-13,19H,5,14H2,1-4H3,(H,22,23)/t19-/m1/s1. The van der Waals surface area contributed by atoms with Gasteiger partial charge in [0, 0.05) is 6.42 Å². The lowest BCUT2D eigenvalue weighted by Crippen LogP contribution is -2.30. The minimum absolute atomic E-state index is 0.136. The highest BCUT2D eigenvalue weighted by molar-refractivity contribution is 5.73. The Kier molecular flexibility index (Phi) is 6.07. The van der Waals surface area contributed by atoms with Crippen molar-refractivity contribution < 1.29 is 19.4 Å². The monoisotopic (exact) mass is 342 g/mol. The molecule has 0 saturated heterocycles. The predicted octanol–water partition coefficient (Wildman–Crippen LogP) is 4.46. The highest BCUT2D eigenvalue weighted by Crippen LogP contribution is 2.32. The van der Waals surface area contributed by atoms with E-state index in [0.29, 0.717) is 18.1 Å². The van der Waals surface area contributed by atoms with Crippen LogP contribution in [0.15, 0.2) is 48.5 Å². The zero-order valence-electron chi connectivity index (χ0n) is 15.3. The number of rotatable bonds is 7. The van der Waals surface area contributed by atoms with Gasteiger partial charge in [0.25, 0.3) is 0 Å². The summed E-state index contributed by atoms with van der Waals surface area (Å²) in [6, 6.07) is 15.1. The molecular weight excluding hydrogens is 316 g/mol. The fourth-order valence-corrected chi connectivity index (χ4v) is 2.69. The molecular formula is C21H26O4. The van der Waals surface area contributed by atoms with Gasteiger partial charge in [0.15, 0.2) is 6.10 Å².